The van der Waals surface area contributed by atoms with Crippen LogP contribution in [0.2, 0.25) is 0 Å². The fourth-order valence-electron chi connectivity index (χ4n) is 1.87. The molecule has 1 unspecified atom stereocenters. The van der Waals surface area contributed by atoms with Crippen molar-refractivity contribution in [3.8, 4) is 0 Å². The molecule has 1 atom stereocenters. The number of halogens is 1. The molecule has 0 bridgehead atoms. The molecule has 0 fully saturated rings. The van der Waals surface area contributed by atoms with E-state index in [-0.39, 0.29) is 5.60 Å². The molecule has 0 rings (SSSR count). The lowest BCUT2D eigenvalue weighted by Gasteiger charge is -2.31. The highest BCUT2D eigenvalue weighted by molar-refractivity contribution is 14.1. The van der Waals surface area contributed by atoms with Crippen LogP contribution in [-0.4, -0.2) is 20.0 Å². The first-order valence-electron chi connectivity index (χ1n) is 5.79. The van der Waals surface area contributed by atoms with Crippen molar-refractivity contribution in [3.63, 3.8) is 0 Å². The summed E-state index contributed by atoms with van der Waals surface area (Å²) in [6.07, 6.45) is 7.64. The summed E-state index contributed by atoms with van der Waals surface area (Å²) >= 11 is 2.51. The molecule has 86 valence electrons. The van der Waals surface area contributed by atoms with Gasteiger partial charge in [-0.3, -0.25) is 0 Å². The summed E-state index contributed by atoms with van der Waals surface area (Å²) in [6.45, 7) is 6.79. The minimum atomic E-state index is 0.223. The summed E-state index contributed by atoms with van der Waals surface area (Å²) in [5, 5.41) is 0. The third-order valence-electron chi connectivity index (χ3n) is 3.21. The van der Waals surface area contributed by atoms with E-state index in [0.29, 0.717) is 0 Å². The van der Waals surface area contributed by atoms with Crippen molar-refractivity contribution in [2.45, 2.75) is 68.8 Å². The number of unbranched alkanes of at least 4 members (excludes halogenated alkanes) is 1. The Hall–Kier alpha value is 0.907. The van der Waals surface area contributed by atoms with Crippen LogP contribution >= 0.6 is 22.6 Å². The lowest BCUT2D eigenvalue weighted by Crippen LogP contribution is -2.30. The molecule has 0 radical (unpaired) electrons. The van der Waals surface area contributed by atoms with Gasteiger partial charge in [-0.05, 0) is 25.7 Å². The molecule has 0 spiro atoms. The Bertz CT molecular complexity index is 127. The van der Waals surface area contributed by atoms with Gasteiger partial charge in [-0.25, -0.2) is 0 Å². The first kappa shape index (κ1) is 14.9. The van der Waals surface area contributed by atoms with Crippen molar-refractivity contribution >= 4 is 33.1 Å². The highest BCUT2D eigenvalue weighted by atomic mass is 127. The summed E-state index contributed by atoms with van der Waals surface area (Å²) in [4.78, 5) is 0. The third-order valence-corrected chi connectivity index (χ3v) is 4.69. The molecule has 0 saturated heterocycles. The van der Waals surface area contributed by atoms with E-state index >= 15 is 0 Å². The summed E-state index contributed by atoms with van der Waals surface area (Å²) in [5.41, 5.74) is 0.223. The molecule has 0 aliphatic carbocycles. The van der Waals surface area contributed by atoms with Crippen molar-refractivity contribution < 1.29 is 4.43 Å². The molecular weight excluding hydrogens is 303 g/mol. The van der Waals surface area contributed by atoms with Crippen molar-refractivity contribution in [1.82, 2.24) is 0 Å². The lowest BCUT2D eigenvalue weighted by molar-refractivity contribution is 0.0584. The average molecular weight is 328 g/mol. The van der Waals surface area contributed by atoms with Gasteiger partial charge in [-0.15, -0.1) is 0 Å². The van der Waals surface area contributed by atoms with Crippen LogP contribution in [0.1, 0.15) is 59.3 Å². The number of rotatable bonds is 8. The molecule has 14 heavy (non-hydrogen) atoms. The van der Waals surface area contributed by atoms with Crippen LogP contribution in [0, 0.1) is 0 Å². The van der Waals surface area contributed by atoms with Crippen LogP contribution in [-0.2, 0) is 4.43 Å². The second-order valence-electron chi connectivity index (χ2n) is 4.12. The molecular formula is C11H25IOSi. The van der Waals surface area contributed by atoms with Gasteiger partial charge < -0.3 is 4.43 Å². The van der Waals surface area contributed by atoms with Gasteiger partial charge in [0.25, 0.3) is 0 Å². The Labute approximate surface area is 106 Å². The van der Waals surface area contributed by atoms with Crippen molar-refractivity contribution in [2.75, 3.05) is 0 Å². The maximum Gasteiger partial charge on any atom is 0.146 e. The van der Waals surface area contributed by atoms with Gasteiger partial charge in [0.2, 0.25) is 0 Å². The van der Waals surface area contributed by atoms with Crippen LogP contribution in [0.15, 0.2) is 0 Å². The van der Waals surface area contributed by atoms with Crippen LogP contribution in [0.3, 0.4) is 0 Å². The van der Waals surface area contributed by atoms with Crippen molar-refractivity contribution in [2.24, 2.45) is 0 Å². The van der Waals surface area contributed by atoms with E-state index in [1.54, 1.807) is 0 Å². The molecule has 0 aromatic heterocycles. The first-order valence-corrected chi connectivity index (χ1v) is 7.85. The quantitative estimate of drug-likeness (QED) is 0.288. The molecule has 1 nitrogen and oxygen atoms in total. The molecule has 0 aliphatic rings. The smallest absolute Gasteiger partial charge is 0.146 e. The summed E-state index contributed by atoms with van der Waals surface area (Å²) < 4.78 is 6.60. The van der Waals surface area contributed by atoms with Gasteiger partial charge in [0.15, 0.2) is 0 Å². The average Bonchev–Trinajstić information content (AvgIpc) is 2.19. The second kappa shape index (κ2) is 8.10. The Morgan fingerprint density at radius 2 is 1.86 bits per heavy atom. The SMILES string of the molecule is CCC(CC)(CCCCC(C)I)O[SiH3]. The van der Waals surface area contributed by atoms with Gasteiger partial charge in [0.1, 0.15) is 10.5 Å². The molecule has 3 heteroatoms. The second-order valence-corrected chi connectivity index (χ2v) is 6.66. The zero-order valence-corrected chi connectivity index (χ0v) is 14.3. The minimum Gasteiger partial charge on any atom is -0.422 e. The predicted molar refractivity (Wildman–Crippen MR) is 76.3 cm³/mol. The molecule has 0 N–H and O–H groups in total. The minimum absolute atomic E-state index is 0.223. The Kier molecular flexibility index (Phi) is 8.63. The topological polar surface area (TPSA) is 9.23 Å². The molecule has 0 heterocycles. The Morgan fingerprint density at radius 1 is 1.29 bits per heavy atom. The largest absolute Gasteiger partial charge is 0.422 e. The van der Waals surface area contributed by atoms with E-state index in [1.165, 1.54) is 38.5 Å². The van der Waals surface area contributed by atoms with Crippen LogP contribution in [0.5, 0.6) is 0 Å². The van der Waals surface area contributed by atoms with E-state index < -0.39 is 0 Å². The molecule has 0 aromatic carbocycles. The monoisotopic (exact) mass is 328 g/mol. The van der Waals surface area contributed by atoms with Gasteiger partial charge >= 0.3 is 0 Å². The number of alkyl halides is 1. The van der Waals surface area contributed by atoms with Crippen LogP contribution < -0.4 is 0 Å². The summed E-state index contributed by atoms with van der Waals surface area (Å²) in [5.74, 6) is 0. The van der Waals surface area contributed by atoms with E-state index in [0.717, 1.165) is 14.4 Å². The Balaban J connectivity index is 3.71. The predicted octanol–water partition coefficient (Wildman–Crippen LogP) is 3.23. The molecule has 0 aromatic rings. The number of hydrogen-bond acceptors (Lipinski definition) is 1. The lowest BCUT2D eigenvalue weighted by atomic mass is 9.91. The van der Waals surface area contributed by atoms with Gasteiger partial charge in [0, 0.05) is 3.92 Å². The van der Waals surface area contributed by atoms with Crippen LogP contribution in [0.25, 0.3) is 0 Å². The zero-order chi connectivity index (χ0) is 11.0. The molecule has 0 saturated carbocycles. The van der Waals surface area contributed by atoms with E-state index in [2.05, 4.69) is 43.4 Å². The fraction of sp³-hybridized carbons (Fsp3) is 1.00. The first-order chi connectivity index (χ1) is 6.60. The third kappa shape index (κ3) is 5.71. The van der Waals surface area contributed by atoms with Crippen LogP contribution in [0.4, 0.5) is 0 Å². The van der Waals surface area contributed by atoms with E-state index in [1.807, 2.05) is 0 Å². The standard InChI is InChI=1S/C11H25IOSi/c1-4-11(5-2,13-14)9-7-6-8-10(3)12/h10H,4-9H2,1-3,14H3. The maximum atomic E-state index is 5.78. The maximum absolute atomic E-state index is 5.78. The number of hydrogen-bond donors (Lipinski definition) is 0. The molecule has 0 aliphatic heterocycles. The fourth-order valence-corrected chi connectivity index (χ4v) is 3.09. The Morgan fingerprint density at radius 3 is 2.21 bits per heavy atom. The van der Waals surface area contributed by atoms with E-state index in [4.69, 9.17) is 4.43 Å². The zero-order valence-electron chi connectivity index (χ0n) is 10.1. The normalized spacial score (nSPS) is 14.6. The highest BCUT2D eigenvalue weighted by Gasteiger charge is 2.23. The van der Waals surface area contributed by atoms with Gasteiger partial charge in [-0.2, -0.15) is 0 Å². The molecule has 0 amide bonds. The summed E-state index contributed by atoms with van der Waals surface area (Å²) in [7, 11) is 0.879. The van der Waals surface area contributed by atoms with Gasteiger partial charge in [0.05, 0.1) is 5.60 Å². The van der Waals surface area contributed by atoms with Crippen molar-refractivity contribution in [3.05, 3.63) is 0 Å². The highest BCUT2D eigenvalue weighted by Crippen LogP contribution is 2.26. The van der Waals surface area contributed by atoms with Gasteiger partial charge in [-0.1, -0.05) is 56.2 Å². The summed E-state index contributed by atoms with van der Waals surface area (Å²) in [6, 6.07) is 0. The van der Waals surface area contributed by atoms with Crippen molar-refractivity contribution in [1.29, 1.82) is 0 Å². The van der Waals surface area contributed by atoms with E-state index in [9.17, 15) is 0 Å².